The second-order valence-electron chi connectivity index (χ2n) is 5.78. The van der Waals surface area contributed by atoms with E-state index in [-0.39, 0.29) is 23.7 Å². The number of carboxylic acids is 1. The summed E-state index contributed by atoms with van der Waals surface area (Å²) < 4.78 is 12.0. The van der Waals surface area contributed by atoms with E-state index in [1.54, 1.807) is 18.3 Å². The molecular formula is C18H13NO5S2. The molecule has 3 aromatic heterocycles. The van der Waals surface area contributed by atoms with Crippen molar-refractivity contribution in [1.82, 2.24) is 5.16 Å². The summed E-state index contributed by atoms with van der Waals surface area (Å²) in [4.78, 5) is 24.6. The summed E-state index contributed by atoms with van der Waals surface area (Å²) in [6, 6.07) is 7.97. The monoisotopic (exact) mass is 387 g/mol. The first-order valence-corrected chi connectivity index (χ1v) is 9.32. The summed E-state index contributed by atoms with van der Waals surface area (Å²) in [5.41, 5.74) is 0.456. The molecule has 4 rings (SSSR count). The zero-order valence-electron chi connectivity index (χ0n) is 13.9. The molecule has 0 amide bonds. The second-order valence-corrected chi connectivity index (χ2v) is 8.03. The zero-order chi connectivity index (χ0) is 18.4. The van der Waals surface area contributed by atoms with E-state index in [4.69, 9.17) is 9.26 Å². The van der Waals surface area contributed by atoms with Crippen molar-refractivity contribution in [2.45, 2.75) is 13.3 Å². The molecule has 0 fully saturated rings. The van der Waals surface area contributed by atoms with Gasteiger partial charge in [-0.15, -0.1) is 22.7 Å². The van der Waals surface area contributed by atoms with Crippen LogP contribution in [0.25, 0.3) is 30.8 Å². The number of rotatable bonds is 4. The van der Waals surface area contributed by atoms with Gasteiger partial charge in [-0.05, 0) is 42.0 Å². The van der Waals surface area contributed by atoms with Crippen LogP contribution in [0.4, 0.5) is 0 Å². The highest BCUT2D eigenvalue weighted by Crippen LogP contribution is 2.39. The summed E-state index contributed by atoms with van der Waals surface area (Å²) >= 11 is 3.00. The molecule has 132 valence electrons. The van der Waals surface area contributed by atoms with Crippen LogP contribution in [0.15, 0.2) is 28.8 Å². The Bertz CT molecular complexity index is 1120. The first kappa shape index (κ1) is 16.7. The maximum Gasteiger partial charge on any atom is 0.341 e. The van der Waals surface area contributed by atoms with Gasteiger partial charge >= 0.3 is 11.9 Å². The first-order valence-electron chi connectivity index (χ1n) is 7.69. The third-order valence-corrected chi connectivity index (χ3v) is 6.25. The van der Waals surface area contributed by atoms with Crippen LogP contribution in [0.1, 0.15) is 20.9 Å². The third kappa shape index (κ3) is 2.77. The molecule has 1 N–H and O–H groups in total. The molecule has 0 saturated heterocycles. The molecule has 0 saturated carbocycles. The number of esters is 1. The number of carbonyl (C=O) groups excluding carboxylic acids is 1. The summed E-state index contributed by atoms with van der Waals surface area (Å²) in [6.07, 6.45) is 0.258. The number of carbonyl (C=O) groups is 2. The summed E-state index contributed by atoms with van der Waals surface area (Å²) in [6.45, 7) is 1.61. The molecule has 0 aliphatic rings. The Morgan fingerprint density at radius 1 is 1.15 bits per heavy atom. The van der Waals surface area contributed by atoms with Crippen molar-refractivity contribution in [2.75, 3.05) is 7.11 Å². The van der Waals surface area contributed by atoms with Crippen LogP contribution in [0.3, 0.4) is 0 Å². The molecule has 0 aliphatic carbocycles. The number of hydrogen-bond acceptors (Lipinski definition) is 7. The van der Waals surface area contributed by atoms with Crippen LogP contribution < -0.4 is 0 Å². The summed E-state index contributed by atoms with van der Waals surface area (Å²) in [5.74, 6) is -1.03. The van der Waals surface area contributed by atoms with E-state index < -0.39 is 5.97 Å². The van der Waals surface area contributed by atoms with Crippen molar-refractivity contribution < 1.29 is 24.0 Å². The Kier molecular flexibility index (Phi) is 4.01. The van der Waals surface area contributed by atoms with Crippen molar-refractivity contribution >= 4 is 54.8 Å². The average Bonchev–Trinajstić information content (AvgIpc) is 3.27. The third-order valence-electron chi connectivity index (χ3n) is 4.05. The van der Waals surface area contributed by atoms with Gasteiger partial charge in [0.25, 0.3) is 0 Å². The van der Waals surface area contributed by atoms with E-state index in [1.165, 1.54) is 18.4 Å². The molecule has 0 bridgehead atoms. The Balaban J connectivity index is 1.79. The van der Waals surface area contributed by atoms with Gasteiger partial charge in [0.15, 0.2) is 5.76 Å². The molecule has 4 aromatic rings. The maximum absolute atomic E-state index is 11.5. The molecule has 3 heterocycles. The SMILES string of the molecule is COC(=O)Cc1cc2cc3sc(-c4onc(C)c4C(=O)O)cc3cc2s1. The number of aromatic nitrogens is 1. The number of thiophene rings is 2. The van der Waals surface area contributed by atoms with Crippen LogP contribution in [0, 0.1) is 6.92 Å². The Hall–Kier alpha value is -2.71. The molecule has 0 atom stereocenters. The van der Waals surface area contributed by atoms with Crippen LogP contribution in [-0.4, -0.2) is 29.3 Å². The van der Waals surface area contributed by atoms with E-state index in [2.05, 4.69) is 5.16 Å². The number of aryl methyl sites for hydroxylation is 1. The highest BCUT2D eigenvalue weighted by molar-refractivity contribution is 7.23. The topological polar surface area (TPSA) is 89.6 Å². The predicted octanol–water partition coefficient (Wildman–Crippen LogP) is 4.49. The Morgan fingerprint density at radius 3 is 2.54 bits per heavy atom. The van der Waals surface area contributed by atoms with Crippen molar-refractivity contribution in [2.24, 2.45) is 0 Å². The molecular weight excluding hydrogens is 374 g/mol. The van der Waals surface area contributed by atoms with Gasteiger partial charge in [0, 0.05) is 14.3 Å². The lowest BCUT2D eigenvalue weighted by atomic mass is 10.1. The van der Waals surface area contributed by atoms with Gasteiger partial charge in [0.1, 0.15) is 5.56 Å². The van der Waals surface area contributed by atoms with Crippen LogP contribution in [0.2, 0.25) is 0 Å². The number of methoxy groups -OCH3 is 1. The fourth-order valence-electron chi connectivity index (χ4n) is 2.83. The van der Waals surface area contributed by atoms with E-state index in [1.807, 2.05) is 24.3 Å². The molecule has 0 aliphatic heterocycles. The zero-order valence-corrected chi connectivity index (χ0v) is 15.5. The highest BCUT2D eigenvalue weighted by Gasteiger charge is 2.23. The molecule has 1 aromatic carbocycles. The Morgan fingerprint density at radius 2 is 1.85 bits per heavy atom. The molecule has 8 heteroatoms. The summed E-state index contributed by atoms with van der Waals surface area (Å²) in [7, 11) is 1.38. The lowest BCUT2D eigenvalue weighted by Gasteiger charge is -1.93. The number of aromatic carboxylic acids is 1. The molecule has 26 heavy (non-hydrogen) atoms. The number of nitrogens with zero attached hydrogens (tertiary/aromatic N) is 1. The minimum absolute atomic E-state index is 0.0960. The van der Waals surface area contributed by atoms with Crippen molar-refractivity contribution in [3.8, 4) is 10.6 Å². The maximum atomic E-state index is 11.5. The van der Waals surface area contributed by atoms with E-state index in [9.17, 15) is 14.7 Å². The Labute approximate surface area is 155 Å². The predicted molar refractivity (Wildman–Crippen MR) is 100 cm³/mol. The number of carboxylic acid groups (broad SMARTS) is 1. The fourth-order valence-corrected chi connectivity index (χ4v) is 4.99. The van der Waals surface area contributed by atoms with Crippen LogP contribution >= 0.6 is 22.7 Å². The quantitative estimate of drug-likeness (QED) is 0.519. The summed E-state index contributed by atoms with van der Waals surface area (Å²) in [5, 5.41) is 15.2. The first-order chi connectivity index (χ1) is 12.5. The average molecular weight is 387 g/mol. The van der Waals surface area contributed by atoms with Crippen molar-refractivity contribution in [3.05, 3.63) is 40.4 Å². The normalized spacial score (nSPS) is 11.3. The van der Waals surface area contributed by atoms with E-state index >= 15 is 0 Å². The van der Waals surface area contributed by atoms with Gasteiger partial charge < -0.3 is 14.4 Å². The molecule has 0 spiro atoms. The van der Waals surface area contributed by atoms with Crippen molar-refractivity contribution in [3.63, 3.8) is 0 Å². The second kappa shape index (κ2) is 6.22. The van der Waals surface area contributed by atoms with E-state index in [0.717, 1.165) is 29.9 Å². The van der Waals surface area contributed by atoms with Gasteiger partial charge in [-0.3, -0.25) is 4.79 Å². The minimum Gasteiger partial charge on any atom is -0.477 e. The van der Waals surface area contributed by atoms with Gasteiger partial charge in [0.2, 0.25) is 0 Å². The fraction of sp³-hybridized carbons (Fsp3) is 0.167. The lowest BCUT2D eigenvalue weighted by molar-refractivity contribution is -0.139. The van der Waals surface area contributed by atoms with Gasteiger partial charge in [-0.25, -0.2) is 4.79 Å². The van der Waals surface area contributed by atoms with Gasteiger partial charge in [-0.1, -0.05) is 5.16 Å². The van der Waals surface area contributed by atoms with Crippen molar-refractivity contribution in [1.29, 1.82) is 0 Å². The number of hydrogen-bond donors (Lipinski definition) is 1. The molecule has 0 unspecified atom stereocenters. The number of benzene rings is 1. The molecule has 0 radical (unpaired) electrons. The largest absolute Gasteiger partial charge is 0.477 e. The standard InChI is InChI=1S/C18H13NO5S2/c1-8-16(18(21)22)17(24-19-8)14-6-10-5-12-9(4-13(10)26-14)3-11(25-12)7-15(20)23-2/h3-6H,7H2,1-2H3,(H,21,22). The number of fused-ring (bicyclic) bond motifs is 2. The van der Waals surface area contributed by atoms with Crippen LogP contribution in [-0.2, 0) is 16.0 Å². The lowest BCUT2D eigenvalue weighted by Crippen LogP contribution is -2.02. The van der Waals surface area contributed by atoms with E-state index in [0.29, 0.717) is 5.69 Å². The molecule has 6 nitrogen and oxygen atoms in total. The smallest absolute Gasteiger partial charge is 0.341 e. The van der Waals surface area contributed by atoms with Gasteiger partial charge in [-0.2, -0.15) is 0 Å². The minimum atomic E-state index is -1.05. The number of ether oxygens (including phenoxy) is 1. The van der Waals surface area contributed by atoms with Gasteiger partial charge in [0.05, 0.1) is 24.1 Å². The highest BCUT2D eigenvalue weighted by atomic mass is 32.1. The van der Waals surface area contributed by atoms with Crippen LogP contribution in [0.5, 0.6) is 0 Å².